The predicted molar refractivity (Wildman–Crippen MR) is 101 cm³/mol. The third-order valence-electron chi connectivity index (χ3n) is 4.33. The van der Waals surface area contributed by atoms with Crippen LogP contribution in [0.3, 0.4) is 0 Å². The molecule has 0 aromatic heterocycles. The molecule has 1 atom stereocenters. The van der Waals surface area contributed by atoms with Crippen LogP contribution in [-0.2, 0) is 14.3 Å². The van der Waals surface area contributed by atoms with Crippen LogP contribution in [0.25, 0.3) is 0 Å². The van der Waals surface area contributed by atoms with E-state index in [1.807, 2.05) is 0 Å². The van der Waals surface area contributed by atoms with E-state index in [1.165, 1.54) is 58.5 Å². The number of aliphatic hydroxyl groups excluding tert-OH is 1. The fraction of sp³-hybridized carbons (Fsp3) is 0.800. The Morgan fingerprint density at radius 1 is 0.960 bits per heavy atom. The number of esters is 1. The lowest BCUT2D eigenvalue weighted by atomic mass is 10.0. The van der Waals surface area contributed by atoms with Gasteiger partial charge < -0.3 is 15.2 Å². The molecule has 0 heterocycles. The second-order valence-electron chi connectivity index (χ2n) is 6.65. The predicted octanol–water partition coefficient (Wildman–Crippen LogP) is 3.89. The number of ether oxygens (including phenoxy) is 1. The second-order valence-corrected chi connectivity index (χ2v) is 6.65. The van der Waals surface area contributed by atoms with Gasteiger partial charge in [0.05, 0.1) is 7.11 Å². The van der Waals surface area contributed by atoms with Gasteiger partial charge in [0.15, 0.2) is 0 Å². The number of carbonyl (C=O) groups is 2. The summed E-state index contributed by atoms with van der Waals surface area (Å²) in [6.07, 6.45) is 13.0. The molecular formula is C20H37NO4. The molecule has 5 nitrogen and oxygen atoms in total. The average Bonchev–Trinajstić information content (AvgIpc) is 2.62. The maximum absolute atomic E-state index is 11.7. The molecule has 0 spiro atoms. The SMILES string of the molecule is C=C(CNC(=O)C(O)CCCCCCCCCCCCC)C(=O)OC. The summed E-state index contributed by atoms with van der Waals surface area (Å²) in [5.41, 5.74) is 0.165. The molecule has 0 aliphatic heterocycles. The minimum atomic E-state index is -1.02. The van der Waals surface area contributed by atoms with E-state index in [4.69, 9.17) is 0 Å². The van der Waals surface area contributed by atoms with Crippen LogP contribution in [0, 0.1) is 0 Å². The number of amides is 1. The molecule has 5 heteroatoms. The minimum Gasteiger partial charge on any atom is -0.466 e. The van der Waals surface area contributed by atoms with Crippen molar-refractivity contribution in [1.29, 1.82) is 0 Å². The Labute approximate surface area is 153 Å². The van der Waals surface area contributed by atoms with Gasteiger partial charge in [-0.25, -0.2) is 4.79 Å². The quantitative estimate of drug-likeness (QED) is 0.250. The van der Waals surface area contributed by atoms with Crippen LogP contribution >= 0.6 is 0 Å². The second kappa shape index (κ2) is 16.1. The zero-order chi connectivity index (χ0) is 18.9. The largest absolute Gasteiger partial charge is 0.466 e. The van der Waals surface area contributed by atoms with Crippen molar-refractivity contribution >= 4 is 11.9 Å². The topological polar surface area (TPSA) is 75.6 Å². The molecular weight excluding hydrogens is 318 g/mol. The number of aliphatic hydroxyl groups is 1. The highest BCUT2D eigenvalue weighted by Crippen LogP contribution is 2.12. The fourth-order valence-corrected chi connectivity index (χ4v) is 2.66. The first kappa shape index (κ1) is 23.6. The lowest BCUT2D eigenvalue weighted by molar-refractivity contribution is -0.136. The molecule has 1 unspecified atom stereocenters. The maximum Gasteiger partial charge on any atom is 0.334 e. The Morgan fingerprint density at radius 2 is 1.44 bits per heavy atom. The molecule has 0 radical (unpaired) electrons. The zero-order valence-corrected chi connectivity index (χ0v) is 16.1. The molecule has 0 fully saturated rings. The number of rotatable bonds is 16. The normalized spacial score (nSPS) is 11.8. The monoisotopic (exact) mass is 355 g/mol. The third-order valence-corrected chi connectivity index (χ3v) is 4.33. The fourth-order valence-electron chi connectivity index (χ4n) is 2.66. The highest BCUT2D eigenvalue weighted by molar-refractivity contribution is 5.89. The van der Waals surface area contributed by atoms with E-state index in [0.717, 1.165) is 19.3 Å². The Balaban J connectivity index is 3.51. The van der Waals surface area contributed by atoms with Crippen molar-refractivity contribution in [2.45, 2.75) is 90.1 Å². The Morgan fingerprint density at radius 3 is 1.92 bits per heavy atom. The van der Waals surface area contributed by atoms with E-state index in [2.05, 4.69) is 23.6 Å². The van der Waals surface area contributed by atoms with Gasteiger partial charge in [-0.3, -0.25) is 4.79 Å². The van der Waals surface area contributed by atoms with Crippen LogP contribution in [0.1, 0.15) is 84.0 Å². The summed E-state index contributed by atoms with van der Waals surface area (Å²) in [6.45, 7) is 5.75. The van der Waals surface area contributed by atoms with Crippen LogP contribution in [0.15, 0.2) is 12.2 Å². The number of nitrogens with one attached hydrogen (secondary N) is 1. The van der Waals surface area contributed by atoms with E-state index in [-0.39, 0.29) is 12.1 Å². The van der Waals surface area contributed by atoms with Gasteiger partial charge in [0.2, 0.25) is 5.91 Å². The summed E-state index contributed by atoms with van der Waals surface area (Å²) in [4.78, 5) is 22.9. The summed E-state index contributed by atoms with van der Waals surface area (Å²) >= 11 is 0. The lowest BCUT2D eigenvalue weighted by Gasteiger charge is -2.11. The van der Waals surface area contributed by atoms with Gasteiger partial charge in [0.25, 0.3) is 0 Å². The highest BCUT2D eigenvalue weighted by Gasteiger charge is 2.15. The smallest absolute Gasteiger partial charge is 0.334 e. The Bertz CT molecular complexity index is 382. The lowest BCUT2D eigenvalue weighted by Crippen LogP contribution is -2.36. The van der Waals surface area contributed by atoms with Crippen molar-refractivity contribution in [1.82, 2.24) is 5.32 Å². The van der Waals surface area contributed by atoms with Gasteiger partial charge in [0, 0.05) is 12.1 Å². The zero-order valence-electron chi connectivity index (χ0n) is 16.1. The van der Waals surface area contributed by atoms with Crippen molar-refractivity contribution in [2.75, 3.05) is 13.7 Å². The summed E-state index contributed by atoms with van der Waals surface area (Å²) in [7, 11) is 1.26. The Kier molecular flexibility index (Phi) is 15.2. The van der Waals surface area contributed by atoms with Crippen molar-refractivity contribution in [2.24, 2.45) is 0 Å². The van der Waals surface area contributed by atoms with E-state index < -0.39 is 18.0 Å². The molecule has 1 amide bonds. The van der Waals surface area contributed by atoms with E-state index in [0.29, 0.717) is 6.42 Å². The molecule has 0 saturated carbocycles. The van der Waals surface area contributed by atoms with Crippen LogP contribution in [-0.4, -0.2) is 36.7 Å². The Hall–Kier alpha value is -1.36. The summed E-state index contributed by atoms with van der Waals surface area (Å²) in [5, 5.41) is 12.3. The van der Waals surface area contributed by atoms with Gasteiger partial charge >= 0.3 is 5.97 Å². The van der Waals surface area contributed by atoms with E-state index >= 15 is 0 Å². The minimum absolute atomic E-state index is 0.000816. The highest BCUT2D eigenvalue weighted by atomic mass is 16.5. The standard InChI is InChI=1S/C20H37NO4/c1-4-5-6-7-8-9-10-11-12-13-14-15-18(22)19(23)21-16-17(2)20(24)25-3/h18,22H,2,4-16H2,1,3H3,(H,21,23). The van der Waals surface area contributed by atoms with Gasteiger partial charge in [0.1, 0.15) is 6.10 Å². The van der Waals surface area contributed by atoms with Gasteiger partial charge in [-0.1, -0.05) is 84.1 Å². The molecule has 0 aromatic carbocycles. The van der Waals surface area contributed by atoms with Crippen LogP contribution in [0.5, 0.6) is 0 Å². The van der Waals surface area contributed by atoms with Gasteiger partial charge in [-0.05, 0) is 6.42 Å². The number of hydrogen-bond donors (Lipinski definition) is 2. The first-order chi connectivity index (χ1) is 12.0. The van der Waals surface area contributed by atoms with E-state index in [1.54, 1.807) is 0 Å². The average molecular weight is 356 g/mol. The van der Waals surface area contributed by atoms with Crippen LogP contribution < -0.4 is 5.32 Å². The van der Waals surface area contributed by atoms with Crippen LogP contribution in [0.2, 0.25) is 0 Å². The first-order valence-corrected chi connectivity index (χ1v) is 9.74. The van der Waals surface area contributed by atoms with Crippen LogP contribution in [0.4, 0.5) is 0 Å². The number of unbranched alkanes of at least 4 members (excludes halogenated alkanes) is 10. The number of hydrogen-bond acceptors (Lipinski definition) is 4. The van der Waals surface area contributed by atoms with Crippen molar-refractivity contribution in [3.05, 3.63) is 12.2 Å². The molecule has 0 rings (SSSR count). The molecule has 0 aliphatic carbocycles. The molecule has 0 saturated heterocycles. The number of carbonyl (C=O) groups excluding carboxylic acids is 2. The van der Waals surface area contributed by atoms with Crippen molar-refractivity contribution < 1.29 is 19.4 Å². The first-order valence-electron chi connectivity index (χ1n) is 9.74. The van der Waals surface area contributed by atoms with Crippen molar-refractivity contribution in [3.8, 4) is 0 Å². The van der Waals surface area contributed by atoms with E-state index in [9.17, 15) is 14.7 Å². The van der Waals surface area contributed by atoms with Crippen molar-refractivity contribution in [3.63, 3.8) is 0 Å². The summed E-state index contributed by atoms with van der Waals surface area (Å²) < 4.78 is 4.50. The summed E-state index contributed by atoms with van der Waals surface area (Å²) in [6, 6.07) is 0. The third kappa shape index (κ3) is 13.6. The number of methoxy groups -OCH3 is 1. The molecule has 2 N–H and O–H groups in total. The molecule has 146 valence electrons. The van der Waals surface area contributed by atoms with Gasteiger partial charge in [-0.2, -0.15) is 0 Å². The van der Waals surface area contributed by atoms with Gasteiger partial charge in [-0.15, -0.1) is 0 Å². The molecule has 25 heavy (non-hydrogen) atoms. The summed E-state index contributed by atoms with van der Waals surface area (Å²) in [5.74, 6) is -1.02. The molecule has 0 aliphatic rings. The molecule has 0 aromatic rings. The molecule has 0 bridgehead atoms. The maximum atomic E-state index is 11.7.